The first-order chi connectivity index (χ1) is 7.10. The van der Waals surface area contributed by atoms with Gasteiger partial charge < -0.3 is 9.32 Å². The summed E-state index contributed by atoms with van der Waals surface area (Å²) in [6.07, 6.45) is 2.15. The molecule has 0 spiro atoms. The molecule has 0 saturated heterocycles. The molecule has 0 aromatic carbocycles. The Morgan fingerprint density at radius 3 is 2.40 bits per heavy atom. The normalized spacial score (nSPS) is 10.7. The number of furan rings is 1. The zero-order valence-corrected chi connectivity index (χ0v) is 9.91. The van der Waals surface area contributed by atoms with E-state index in [2.05, 4.69) is 18.7 Å². The third kappa shape index (κ3) is 2.61. The first-order valence-electron chi connectivity index (χ1n) is 5.43. The summed E-state index contributed by atoms with van der Waals surface area (Å²) >= 11 is 0. The molecule has 1 heterocycles. The molecule has 0 saturated carbocycles. The number of carbonyl (C=O) groups is 1. The van der Waals surface area contributed by atoms with E-state index in [4.69, 9.17) is 4.42 Å². The monoisotopic (exact) mass is 209 g/mol. The van der Waals surface area contributed by atoms with E-state index >= 15 is 0 Å². The number of carbonyl (C=O) groups excluding carboxylic acids is 1. The van der Waals surface area contributed by atoms with Gasteiger partial charge >= 0.3 is 0 Å². The summed E-state index contributed by atoms with van der Waals surface area (Å²) in [5.41, 5.74) is 0. The average molecular weight is 209 g/mol. The number of Topliss-reactive ketones (excluding diaryl/α,β-unsaturated/α-hetero) is 1. The second-order valence-electron chi connectivity index (χ2n) is 3.78. The van der Waals surface area contributed by atoms with Gasteiger partial charge in [-0.3, -0.25) is 4.79 Å². The van der Waals surface area contributed by atoms with Crippen LogP contribution in [0, 0.1) is 0 Å². The number of hydrogen-bond donors (Lipinski definition) is 0. The van der Waals surface area contributed by atoms with Crippen molar-refractivity contribution < 1.29 is 9.21 Å². The molecule has 0 aliphatic rings. The molecular weight excluding hydrogens is 190 g/mol. The van der Waals surface area contributed by atoms with Crippen LogP contribution in [0.4, 0.5) is 5.88 Å². The lowest BCUT2D eigenvalue weighted by Gasteiger charge is -2.25. The minimum Gasteiger partial charge on any atom is -0.437 e. The maximum atomic E-state index is 11.1. The highest BCUT2D eigenvalue weighted by atomic mass is 16.4. The van der Waals surface area contributed by atoms with Crippen molar-refractivity contribution in [3.8, 4) is 0 Å². The predicted molar refractivity (Wildman–Crippen MR) is 61.5 cm³/mol. The molecule has 0 bridgehead atoms. The van der Waals surface area contributed by atoms with Crippen LogP contribution in [-0.2, 0) is 0 Å². The van der Waals surface area contributed by atoms with Gasteiger partial charge in [-0.25, -0.2) is 0 Å². The summed E-state index contributed by atoms with van der Waals surface area (Å²) in [6.45, 7) is 5.82. The predicted octanol–water partition coefficient (Wildman–Crippen LogP) is 3.11. The van der Waals surface area contributed by atoms with E-state index in [1.54, 1.807) is 6.07 Å². The van der Waals surface area contributed by atoms with Crippen molar-refractivity contribution in [2.45, 2.75) is 39.7 Å². The second kappa shape index (κ2) is 5.01. The molecule has 0 aliphatic carbocycles. The van der Waals surface area contributed by atoms with E-state index in [0.29, 0.717) is 11.8 Å². The Morgan fingerprint density at radius 2 is 2.00 bits per heavy atom. The van der Waals surface area contributed by atoms with E-state index in [9.17, 15) is 4.79 Å². The number of nitrogens with zero attached hydrogens (tertiary/aromatic N) is 1. The lowest BCUT2D eigenvalue weighted by atomic mass is 10.1. The number of ketones is 1. The summed E-state index contributed by atoms with van der Waals surface area (Å²) in [7, 11) is 2.00. The summed E-state index contributed by atoms with van der Waals surface area (Å²) in [4.78, 5) is 13.2. The molecule has 1 aromatic heterocycles. The highest BCUT2D eigenvalue weighted by Gasteiger charge is 2.15. The first kappa shape index (κ1) is 11.8. The molecule has 0 unspecified atom stereocenters. The van der Waals surface area contributed by atoms with Crippen LogP contribution in [0.5, 0.6) is 0 Å². The molecule has 0 amide bonds. The Bertz CT molecular complexity index is 326. The van der Waals surface area contributed by atoms with Crippen LogP contribution in [0.3, 0.4) is 0 Å². The third-order valence-corrected chi connectivity index (χ3v) is 2.78. The topological polar surface area (TPSA) is 33.5 Å². The second-order valence-corrected chi connectivity index (χ2v) is 3.78. The van der Waals surface area contributed by atoms with Gasteiger partial charge in [0.05, 0.1) is 0 Å². The highest BCUT2D eigenvalue weighted by molar-refractivity contribution is 5.91. The SMILES string of the molecule is CCC(CC)N(C)c1ccc(C(C)=O)o1. The van der Waals surface area contributed by atoms with Crippen molar-refractivity contribution in [3.63, 3.8) is 0 Å². The fourth-order valence-corrected chi connectivity index (χ4v) is 1.72. The summed E-state index contributed by atoms with van der Waals surface area (Å²) in [5, 5.41) is 0. The van der Waals surface area contributed by atoms with Gasteiger partial charge in [-0.1, -0.05) is 13.8 Å². The van der Waals surface area contributed by atoms with Gasteiger partial charge in [-0.15, -0.1) is 0 Å². The van der Waals surface area contributed by atoms with Gasteiger partial charge in [0.1, 0.15) is 0 Å². The maximum absolute atomic E-state index is 11.1. The zero-order chi connectivity index (χ0) is 11.4. The van der Waals surface area contributed by atoms with E-state index in [1.807, 2.05) is 13.1 Å². The van der Waals surface area contributed by atoms with E-state index in [-0.39, 0.29) is 5.78 Å². The molecule has 1 aromatic rings. The lowest BCUT2D eigenvalue weighted by Crippen LogP contribution is -2.29. The smallest absolute Gasteiger partial charge is 0.196 e. The molecular formula is C12H19NO2. The Morgan fingerprint density at radius 1 is 1.40 bits per heavy atom. The quantitative estimate of drug-likeness (QED) is 0.699. The zero-order valence-electron chi connectivity index (χ0n) is 9.91. The third-order valence-electron chi connectivity index (χ3n) is 2.78. The Labute approximate surface area is 91.1 Å². The van der Waals surface area contributed by atoms with Crippen molar-refractivity contribution in [2.24, 2.45) is 0 Å². The van der Waals surface area contributed by atoms with Gasteiger partial charge in [0.2, 0.25) is 0 Å². The lowest BCUT2D eigenvalue weighted by molar-refractivity contribution is 0.0987. The molecule has 0 radical (unpaired) electrons. The molecule has 0 aliphatic heterocycles. The molecule has 3 nitrogen and oxygen atoms in total. The Hall–Kier alpha value is -1.25. The molecule has 0 fully saturated rings. The minimum absolute atomic E-state index is 0.0285. The van der Waals surface area contributed by atoms with Crippen LogP contribution in [0.25, 0.3) is 0 Å². The Kier molecular flexibility index (Phi) is 3.95. The fourth-order valence-electron chi connectivity index (χ4n) is 1.72. The van der Waals surface area contributed by atoms with E-state index < -0.39 is 0 Å². The van der Waals surface area contributed by atoms with Crippen molar-refractivity contribution in [1.29, 1.82) is 0 Å². The largest absolute Gasteiger partial charge is 0.437 e. The number of hydrogen-bond acceptors (Lipinski definition) is 3. The molecule has 0 atom stereocenters. The van der Waals surface area contributed by atoms with E-state index in [1.165, 1.54) is 6.92 Å². The van der Waals surface area contributed by atoms with Gasteiger partial charge in [-0.2, -0.15) is 0 Å². The molecule has 1 rings (SSSR count). The van der Waals surface area contributed by atoms with Crippen LogP contribution >= 0.6 is 0 Å². The minimum atomic E-state index is -0.0285. The molecule has 84 valence electrons. The summed E-state index contributed by atoms with van der Waals surface area (Å²) < 4.78 is 5.47. The number of rotatable bonds is 5. The van der Waals surface area contributed by atoms with Crippen molar-refractivity contribution in [2.75, 3.05) is 11.9 Å². The van der Waals surface area contributed by atoms with Crippen LogP contribution < -0.4 is 4.90 Å². The fraction of sp³-hybridized carbons (Fsp3) is 0.583. The summed E-state index contributed by atoms with van der Waals surface area (Å²) in [5.74, 6) is 1.18. The highest BCUT2D eigenvalue weighted by Crippen LogP contribution is 2.21. The molecule has 15 heavy (non-hydrogen) atoms. The number of anilines is 1. The molecule has 0 N–H and O–H groups in total. The standard InChI is InChI=1S/C12H19NO2/c1-5-10(6-2)13(4)12-8-7-11(15-12)9(3)14/h7-8,10H,5-6H2,1-4H3. The Balaban J connectivity index is 2.81. The van der Waals surface area contributed by atoms with Crippen LogP contribution in [0.2, 0.25) is 0 Å². The van der Waals surface area contributed by atoms with Crippen molar-refractivity contribution in [3.05, 3.63) is 17.9 Å². The average Bonchev–Trinajstić information content (AvgIpc) is 2.68. The molecule has 3 heteroatoms. The van der Waals surface area contributed by atoms with Gasteiger partial charge in [0, 0.05) is 26.1 Å². The summed E-state index contributed by atoms with van der Waals surface area (Å²) in [6, 6.07) is 4.06. The van der Waals surface area contributed by atoms with Gasteiger partial charge in [-0.05, 0) is 18.9 Å². The van der Waals surface area contributed by atoms with E-state index in [0.717, 1.165) is 18.7 Å². The van der Waals surface area contributed by atoms with Crippen LogP contribution in [0.1, 0.15) is 44.2 Å². The first-order valence-corrected chi connectivity index (χ1v) is 5.43. The van der Waals surface area contributed by atoms with Crippen molar-refractivity contribution >= 4 is 11.7 Å². The van der Waals surface area contributed by atoms with Gasteiger partial charge in [0.15, 0.2) is 17.4 Å². The maximum Gasteiger partial charge on any atom is 0.196 e. The van der Waals surface area contributed by atoms with Gasteiger partial charge in [0.25, 0.3) is 0 Å². The van der Waals surface area contributed by atoms with Crippen LogP contribution in [-0.4, -0.2) is 18.9 Å². The van der Waals surface area contributed by atoms with Crippen LogP contribution in [0.15, 0.2) is 16.5 Å². The van der Waals surface area contributed by atoms with Crippen molar-refractivity contribution in [1.82, 2.24) is 0 Å².